The van der Waals surface area contributed by atoms with Crippen molar-refractivity contribution in [3.05, 3.63) is 0 Å². The van der Waals surface area contributed by atoms with Gasteiger partial charge in [-0.05, 0) is 37.8 Å². The quantitative estimate of drug-likeness (QED) is 0.718. The van der Waals surface area contributed by atoms with E-state index in [-0.39, 0.29) is 0 Å². The number of likely N-dealkylation sites (N-methyl/N-ethyl adjacent to an activating group) is 1. The van der Waals surface area contributed by atoms with Gasteiger partial charge in [0, 0.05) is 18.6 Å². The van der Waals surface area contributed by atoms with Crippen LogP contribution in [0.1, 0.15) is 53.9 Å². The average molecular weight is 226 g/mol. The van der Waals surface area contributed by atoms with Crippen molar-refractivity contribution >= 4 is 0 Å². The maximum absolute atomic E-state index is 3.65. The van der Waals surface area contributed by atoms with E-state index < -0.39 is 0 Å². The summed E-state index contributed by atoms with van der Waals surface area (Å²) in [7, 11) is 0. The lowest BCUT2D eigenvalue weighted by Gasteiger charge is -2.36. The predicted molar refractivity (Wildman–Crippen MR) is 71.8 cm³/mol. The summed E-state index contributed by atoms with van der Waals surface area (Å²) in [5, 5.41) is 3.65. The number of nitrogens with zero attached hydrogens (tertiary/aromatic N) is 1. The lowest BCUT2D eigenvalue weighted by Crippen LogP contribution is -2.49. The second-order valence-electron chi connectivity index (χ2n) is 6.20. The zero-order valence-corrected chi connectivity index (χ0v) is 11.8. The summed E-state index contributed by atoms with van der Waals surface area (Å²) in [6.45, 7) is 15.1. The summed E-state index contributed by atoms with van der Waals surface area (Å²) in [6.07, 6.45) is 4.12. The van der Waals surface area contributed by atoms with Gasteiger partial charge in [-0.15, -0.1) is 0 Å². The molecule has 0 aromatic carbocycles. The van der Waals surface area contributed by atoms with Crippen LogP contribution in [0.25, 0.3) is 0 Å². The van der Waals surface area contributed by atoms with Crippen LogP contribution >= 0.6 is 0 Å². The zero-order chi connectivity index (χ0) is 12.2. The number of nitrogens with one attached hydrogen (secondary N) is 1. The molecular weight excluding hydrogens is 196 g/mol. The molecule has 1 unspecified atom stereocenters. The summed E-state index contributed by atoms with van der Waals surface area (Å²) in [4.78, 5) is 2.69. The van der Waals surface area contributed by atoms with Crippen molar-refractivity contribution in [3.8, 4) is 0 Å². The molecule has 1 saturated carbocycles. The van der Waals surface area contributed by atoms with E-state index in [1.54, 1.807) is 0 Å². The van der Waals surface area contributed by atoms with Gasteiger partial charge in [-0.1, -0.05) is 34.6 Å². The Labute approximate surface area is 102 Å². The van der Waals surface area contributed by atoms with Gasteiger partial charge in [0.25, 0.3) is 0 Å². The maximum atomic E-state index is 3.65. The Kier molecular flexibility index (Phi) is 5.26. The van der Waals surface area contributed by atoms with Crippen LogP contribution in [0.2, 0.25) is 0 Å². The Hall–Kier alpha value is -0.0800. The van der Waals surface area contributed by atoms with Crippen LogP contribution in [0.4, 0.5) is 0 Å². The highest BCUT2D eigenvalue weighted by molar-refractivity contribution is 4.90. The highest BCUT2D eigenvalue weighted by Crippen LogP contribution is 2.29. The Balaban J connectivity index is 2.50. The van der Waals surface area contributed by atoms with E-state index in [9.17, 15) is 0 Å². The molecule has 1 fully saturated rings. The van der Waals surface area contributed by atoms with Crippen LogP contribution in [0, 0.1) is 5.41 Å². The van der Waals surface area contributed by atoms with Gasteiger partial charge in [0.1, 0.15) is 0 Å². The molecule has 0 bridgehead atoms. The zero-order valence-electron chi connectivity index (χ0n) is 11.8. The first-order chi connectivity index (χ1) is 7.49. The Morgan fingerprint density at radius 2 is 1.88 bits per heavy atom. The fourth-order valence-corrected chi connectivity index (χ4v) is 2.28. The van der Waals surface area contributed by atoms with Crippen molar-refractivity contribution in [2.45, 2.75) is 66.0 Å². The van der Waals surface area contributed by atoms with Gasteiger partial charge in [0.2, 0.25) is 0 Å². The highest BCUT2D eigenvalue weighted by atomic mass is 15.2. The fraction of sp³-hybridized carbons (Fsp3) is 1.00. The molecule has 0 amide bonds. The van der Waals surface area contributed by atoms with Gasteiger partial charge in [-0.3, -0.25) is 4.90 Å². The third-order valence-corrected chi connectivity index (χ3v) is 3.49. The van der Waals surface area contributed by atoms with Crippen molar-refractivity contribution in [2.75, 3.05) is 19.6 Å². The molecule has 96 valence electrons. The van der Waals surface area contributed by atoms with Crippen molar-refractivity contribution in [1.29, 1.82) is 0 Å². The molecule has 2 nitrogen and oxygen atoms in total. The van der Waals surface area contributed by atoms with E-state index in [1.807, 2.05) is 0 Å². The Bertz CT molecular complexity index is 191. The molecule has 16 heavy (non-hydrogen) atoms. The highest BCUT2D eigenvalue weighted by Gasteiger charge is 2.33. The van der Waals surface area contributed by atoms with Crippen LogP contribution in [0.5, 0.6) is 0 Å². The molecule has 1 N–H and O–H groups in total. The second-order valence-corrected chi connectivity index (χ2v) is 6.20. The second kappa shape index (κ2) is 6.02. The molecule has 0 heterocycles. The normalized spacial score (nSPS) is 19.1. The van der Waals surface area contributed by atoms with Crippen LogP contribution in [-0.4, -0.2) is 36.6 Å². The number of rotatable bonds is 7. The molecule has 1 rings (SSSR count). The summed E-state index contributed by atoms with van der Waals surface area (Å²) in [6, 6.07) is 1.51. The van der Waals surface area contributed by atoms with Gasteiger partial charge < -0.3 is 5.32 Å². The molecule has 0 aromatic rings. The summed E-state index contributed by atoms with van der Waals surface area (Å²) >= 11 is 0. The lowest BCUT2D eigenvalue weighted by atomic mass is 9.86. The minimum absolute atomic E-state index is 0.358. The molecule has 2 heteroatoms. The van der Waals surface area contributed by atoms with Crippen LogP contribution in [0.3, 0.4) is 0 Å². The van der Waals surface area contributed by atoms with E-state index in [0.29, 0.717) is 11.5 Å². The first-order valence-electron chi connectivity index (χ1n) is 6.96. The van der Waals surface area contributed by atoms with Gasteiger partial charge >= 0.3 is 0 Å². The van der Waals surface area contributed by atoms with Crippen LogP contribution < -0.4 is 5.32 Å². The minimum atomic E-state index is 0.358. The van der Waals surface area contributed by atoms with Gasteiger partial charge in [0.15, 0.2) is 0 Å². The van der Waals surface area contributed by atoms with Crippen molar-refractivity contribution in [3.63, 3.8) is 0 Å². The van der Waals surface area contributed by atoms with Crippen molar-refractivity contribution in [1.82, 2.24) is 10.2 Å². The topological polar surface area (TPSA) is 15.3 Å². The molecule has 1 aliphatic rings. The van der Waals surface area contributed by atoms with Gasteiger partial charge in [-0.2, -0.15) is 0 Å². The lowest BCUT2D eigenvalue weighted by molar-refractivity contribution is 0.168. The van der Waals surface area contributed by atoms with Gasteiger partial charge in [0.05, 0.1) is 0 Å². The average Bonchev–Trinajstić information content (AvgIpc) is 2.97. The van der Waals surface area contributed by atoms with Crippen LogP contribution in [0.15, 0.2) is 0 Å². The third-order valence-electron chi connectivity index (χ3n) is 3.49. The van der Waals surface area contributed by atoms with Gasteiger partial charge in [-0.25, -0.2) is 0 Å². The third kappa shape index (κ3) is 4.42. The standard InChI is InChI=1S/C14H30N2/c1-6-10-16(12-8-9-12)11-13(15-7-2)14(3,4)5/h12-13,15H,6-11H2,1-5H3. The number of hydrogen-bond acceptors (Lipinski definition) is 2. The molecular formula is C14H30N2. The maximum Gasteiger partial charge on any atom is 0.0243 e. The van der Waals surface area contributed by atoms with E-state index in [0.717, 1.165) is 12.6 Å². The predicted octanol–water partition coefficient (Wildman–Crippen LogP) is 2.89. The summed E-state index contributed by atoms with van der Waals surface area (Å²) < 4.78 is 0. The molecule has 0 aromatic heterocycles. The molecule has 0 spiro atoms. The number of hydrogen-bond donors (Lipinski definition) is 1. The summed E-state index contributed by atoms with van der Waals surface area (Å²) in [5.41, 5.74) is 0.358. The summed E-state index contributed by atoms with van der Waals surface area (Å²) in [5.74, 6) is 0. The van der Waals surface area contributed by atoms with E-state index in [1.165, 1.54) is 32.4 Å². The first kappa shape index (κ1) is 14.0. The molecule has 1 aliphatic carbocycles. The Morgan fingerprint density at radius 1 is 1.25 bits per heavy atom. The van der Waals surface area contributed by atoms with Crippen molar-refractivity contribution in [2.24, 2.45) is 5.41 Å². The fourth-order valence-electron chi connectivity index (χ4n) is 2.28. The molecule has 0 saturated heterocycles. The Morgan fingerprint density at radius 3 is 2.25 bits per heavy atom. The molecule has 1 atom stereocenters. The minimum Gasteiger partial charge on any atom is -0.312 e. The van der Waals surface area contributed by atoms with E-state index in [4.69, 9.17) is 0 Å². The largest absolute Gasteiger partial charge is 0.312 e. The first-order valence-corrected chi connectivity index (χ1v) is 6.96. The molecule has 0 radical (unpaired) electrons. The molecule has 0 aliphatic heterocycles. The monoisotopic (exact) mass is 226 g/mol. The SMILES string of the molecule is CCCN(CC(NCC)C(C)(C)C)C1CC1. The van der Waals surface area contributed by atoms with Crippen molar-refractivity contribution < 1.29 is 0 Å². The van der Waals surface area contributed by atoms with Crippen LogP contribution in [-0.2, 0) is 0 Å². The smallest absolute Gasteiger partial charge is 0.0243 e. The van der Waals surface area contributed by atoms with E-state index in [2.05, 4.69) is 44.8 Å². The van der Waals surface area contributed by atoms with E-state index >= 15 is 0 Å².